The van der Waals surface area contributed by atoms with Gasteiger partial charge in [0.1, 0.15) is 5.82 Å². The van der Waals surface area contributed by atoms with E-state index in [-0.39, 0.29) is 5.82 Å². The summed E-state index contributed by atoms with van der Waals surface area (Å²) >= 11 is 1.58. The summed E-state index contributed by atoms with van der Waals surface area (Å²) < 4.78 is 12.6. The lowest BCUT2D eigenvalue weighted by Crippen LogP contribution is -1.72. The van der Waals surface area contributed by atoms with Crippen LogP contribution in [0.1, 0.15) is 5.56 Å². The lowest BCUT2D eigenvalue weighted by Gasteiger charge is -1.95. The lowest BCUT2D eigenvalue weighted by atomic mass is 10.2. The van der Waals surface area contributed by atoms with Crippen molar-refractivity contribution in [2.24, 2.45) is 0 Å². The second kappa shape index (κ2) is 5.52. The van der Waals surface area contributed by atoms with Gasteiger partial charge in [-0.05, 0) is 41.3 Å². The van der Waals surface area contributed by atoms with Gasteiger partial charge in [-0.15, -0.1) is 0 Å². The molecular weight excluding hydrogens is 219 g/mol. The molecular formula is C14H11FS. The van der Waals surface area contributed by atoms with E-state index in [0.717, 1.165) is 10.5 Å². The molecule has 2 rings (SSSR count). The van der Waals surface area contributed by atoms with Crippen molar-refractivity contribution >= 4 is 17.8 Å². The Morgan fingerprint density at radius 1 is 0.875 bits per heavy atom. The molecule has 0 heterocycles. The molecule has 0 saturated carbocycles. The molecule has 0 radical (unpaired) electrons. The van der Waals surface area contributed by atoms with E-state index in [1.165, 1.54) is 12.1 Å². The molecule has 2 heteroatoms. The monoisotopic (exact) mass is 230 g/mol. The zero-order chi connectivity index (χ0) is 11.2. The van der Waals surface area contributed by atoms with Gasteiger partial charge in [0.25, 0.3) is 0 Å². The van der Waals surface area contributed by atoms with Gasteiger partial charge in [-0.3, -0.25) is 0 Å². The quantitative estimate of drug-likeness (QED) is 0.695. The van der Waals surface area contributed by atoms with E-state index < -0.39 is 0 Å². The van der Waals surface area contributed by atoms with Crippen LogP contribution in [0.15, 0.2) is 64.9 Å². The van der Waals surface area contributed by atoms with Crippen molar-refractivity contribution in [1.29, 1.82) is 0 Å². The van der Waals surface area contributed by atoms with E-state index in [2.05, 4.69) is 0 Å². The fourth-order valence-corrected chi connectivity index (χ4v) is 1.94. The Labute approximate surface area is 98.8 Å². The molecule has 2 aromatic carbocycles. The Morgan fingerprint density at radius 2 is 1.56 bits per heavy atom. The minimum Gasteiger partial charge on any atom is -0.207 e. The van der Waals surface area contributed by atoms with Crippen LogP contribution in [0.3, 0.4) is 0 Å². The summed E-state index contributed by atoms with van der Waals surface area (Å²) in [6.45, 7) is 0. The van der Waals surface area contributed by atoms with Gasteiger partial charge in [-0.25, -0.2) is 4.39 Å². The maximum Gasteiger partial charge on any atom is 0.123 e. The number of thioether (sulfide) groups is 1. The Bertz CT molecular complexity index is 460. The summed E-state index contributed by atoms with van der Waals surface area (Å²) in [4.78, 5) is 1.04. The summed E-state index contributed by atoms with van der Waals surface area (Å²) in [5.41, 5.74) is 1.16. The third kappa shape index (κ3) is 3.24. The maximum atomic E-state index is 12.6. The highest BCUT2D eigenvalue weighted by Gasteiger charge is 1.91. The van der Waals surface area contributed by atoms with Gasteiger partial charge in [0.2, 0.25) is 0 Å². The highest BCUT2D eigenvalue weighted by Crippen LogP contribution is 2.20. The second-order valence-electron chi connectivity index (χ2n) is 3.29. The second-order valence-corrected chi connectivity index (χ2v) is 4.26. The minimum absolute atomic E-state index is 0.198. The van der Waals surface area contributed by atoms with E-state index in [9.17, 15) is 4.39 Å². The highest BCUT2D eigenvalue weighted by atomic mass is 32.2. The van der Waals surface area contributed by atoms with Crippen molar-refractivity contribution < 1.29 is 4.39 Å². The van der Waals surface area contributed by atoms with Crippen molar-refractivity contribution in [3.63, 3.8) is 0 Å². The van der Waals surface area contributed by atoms with E-state index in [1.807, 2.05) is 41.8 Å². The zero-order valence-electron chi connectivity index (χ0n) is 8.64. The molecule has 0 spiro atoms. The van der Waals surface area contributed by atoms with Crippen LogP contribution >= 0.6 is 11.8 Å². The van der Waals surface area contributed by atoms with Crippen LogP contribution in [0.4, 0.5) is 4.39 Å². The average Bonchev–Trinajstić information content (AvgIpc) is 2.33. The normalized spacial score (nSPS) is 10.8. The molecule has 0 aliphatic rings. The predicted octanol–water partition coefficient (Wildman–Crippen LogP) is 4.59. The minimum atomic E-state index is -0.198. The SMILES string of the molecule is Fc1ccc(SC=Cc2ccccc2)cc1. The number of hydrogen-bond acceptors (Lipinski definition) is 1. The van der Waals surface area contributed by atoms with Crippen molar-refractivity contribution in [3.05, 3.63) is 71.4 Å². The topological polar surface area (TPSA) is 0 Å². The number of hydrogen-bond donors (Lipinski definition) is 0. The van der Waals surface area contributed by atoms with E-state index in [4.69, 9.17) is 0 Å². The fraction of sp³-hybridized carbons (Fsp3) is 0. The summed E-state index contributed by atoms with van der Waals surface area (Å²) in [5.74, 6) is -0.198. The van der Waals surface area contributed by atoms with Gasteiger partial charge in [-0.1, -0.05) is 42.1 Å². The molecule has 0 atom stereocenters. The molecule has 0 aliphatic heterocycles. The van der Waals surface area contributed by atoms with Gasteiger partial charge in [0.05, 0.1) is 0 Å². The van der Waals surface area contributed by atoms with Crippen molar-refractivity contribution in [3.8, 4) is 0 Å². The summed E-state index contributed by atoms with van der Waals surface area (Å²) in [7, 11) is 0. The van der Waals surface area contributed by atoms with Crippen molar-refractivity contribution in [2.45, 2.75) is 4.90 Å². The summed E-state index contributed by atoms with van der Waals surface area (Å²) in [6, 6.07) is 16.6. The molecule has 0 saturated heterocycles. The molecule has 0 aromatic heterocycles. The van der Waals surface area contributed by atoms with Gasteiger partial charge in [0.15, 0.2) is 0 Å². The van der Waals surface area contributed by atoms with Crippen LogP contribution in [0, 0.1) is 5.82 Å². The molecule has 0 aliphatic carbocycles. The van der Waals surface area contributed by atoms with Crippen LogP contribution in [-0.2, 0) is 0 Å². The lowest BCUT2D eigenvalue weighted by molar-refractivity contribution is 0.626. The van der Waals surface area contributed by atoms with Crippen LogP contribution < -0.4 is 0 Å². The van der Waals surface area contributed by atoms with Crippen LogP contribution in [0.5, 0.6) is 0 Å². The van der Waals surface area contributed by atoms with Gasteiger partial charge < -0.3 is 0 Å². The summed E-state index contributed by atoms with van der Waals surface area (Å²) in [5, 5.41) is 2.00. The molecule has 0 fully saturated rings. The fourth-order valence-electron chi connectivity index (χ4n) is 1.27. The molecule has 2 aromatic rings. The Morgan fingerprint density at radius 3 is 2.25 bits per heavy atom. The molecule has 0 nitrogen and oxygen atoms in total. The smallest absolute Gasteiger partial charge is 0.123 e. The van der Waals surface area contributed by atoms with Crippen molar-refractivity contribution in [1.82, 2.24) is 0 Å². The first kappa shape index (κ1) is 11.0. The molecule has 0 bridgehead atoms. The first-order chi connectivity index (χ1) is 7.84. The number of benzene rings is 2. The zero-order valence-corrected chi connectivity index (χ0v) is 9.45. The standard InChI is InChI=1S/C14H11FS/c15-13-6-8-14(9-7-13)16-11-10-12-4-2-1-3-5-12/h1-11H. The van der Waals surface area contributed by atoms with Gasteiger partial charge >= 0.3 is 0 Å². The third-order valence-corrected chi connectivity index (χ3v) is 2.89. The van der Waals surface area contributed by atoms with E-state index >= 15 is 0 Å². The predicted molar refractivity (Wildman–Crippen MR) is 67.7 cm³/mol. The number of rotatable bonds is 3. The Balaban J connectivity index is 1.97. The van der Waals surface area contributed by atoms with Crippen LogP contribution in [0.2, 0.25) is 0 Å². The summed E-state index contributed by atoms with van der Waals surface area (Å²) in [6.07, 6.45) is 2.04. The Kier molecular flexibility index (Phi) is 3.78. The number of halogens is 1. The first-order valence-electron chi connectivity index (χ1n) is 4.98. The first-order valence-corrected chi connectivity index (χ1v) is 5.86. The molecule has 0 amide bonds. The van der Waals surface area contributed by atoms with E-state index in [0.29, 0.717) is 0 Å². The van der Waals surface area contributed by atoms with Gasteiger partial charge in [0, 0.05) is 4.90 Å². The highest BCUT2D eigenvalue weighted by molar-refractivity contribution is 8.02. The van der Waals surface area contributed by atoms with Crippen molar-refractivity contribution in [2.75, 3.05) is 0 Å². The molecule has 0 N–H and O–H groups in total. The largest absolute Gasteiger partial charge is 0.207 e. The molecule has 80 valence electrons. The van der Waals surface area contributed by atoms with Crippen LogP contribution in [-0.4, -0.2) is 0 Å². The molecule has 16 heavy (non-hydrogen) atoms. The molecule has 0 unspecified atom stereocenters. The van der Waals surface area contributed by atoms with Gasteiger partial charge in [-0.2, -0.15) is 0 Å². The van der Waals surface area contributed by atoms with Crippen LogP contribution in [0.25, 0.3) is 6.08 Å². The average molecular weight is 230 g/mol. The third-order valence-electron chi connectivity index (χ3n) is 2.08. The maximum absolute atomic E-state index is 12.6. The van der Waals surface area contributed by atoms with E-state index in [1.54, 1.807) is 23.9 Å². The Hall–Kier alpha value is -1.54.